The predicted molar refractivity (Wildman–Crippen MR) is 315 cm³/mol. The van der Waals surface area contributed by atoms with Gasteiger partial charge in [-0.1, -0.05) is 314 Å². The van der Waals surface area contributed by atoms with Crippen LogP contribution in [0.1, 0.15) is 361 Å². The lowest BCUT2D eigenvalue weighted by Crippen LogP contribution is -2.45. The first kappa shape index (κ1) is 70.3. The molecule has 3 N–H and O–H groups in total. The highest BCUT2D eigenvalue weighted by atomic mass is 16.5. The number of aliphatic hydroxyl groups excluding tert-OH is 2. The van der Waals surface area contributed by atoms with Crippen LogP contribution in [0.2, 0.25) is 0 Å². The second-order valence-electron chi connectivity index (χ2n) is 22.5. The number of ether oxygens (including phenoxy) is 1. The van der Waals surface area contributed by atoms with E-state index in [0.717, 1.165) is 44.9 Å². The fourth-order valence-corrected chi connectivity index (χ4v) is 10.3. The van der Waals surface area contributed by atoms with Gasteiger partial charge in [-0.2, -0.15) is 0 Å². The number of aliphatic hydroxyl groups is 2. The maximum Gasteiger partial charge on any atom is 0.305 e. The largest absolute Gasteiger partial charge is 0.466 e. The van der Waals surface area contributed by atoms with E-state index in [-0.39, 0.29) is 18.5 Å². The number of nitrogens with one attached hydrogen (secondary N) is 1. The Labute approximate surface area is 450 Å². The molecule has 0 aliphatic heterocycles. The molecule has 1 amide bonds. The summed E-state index contributed by atoms with van der Waals surface area (Å²) in [4.78, 5) is 24.5. The normalized spacial score (nSPS) is 12.7. The van der Waals surface area contributed by atoms with E-state index < -0.39 is 12.1 Å². The maximum atomic E-state index is 12.4. The van der Waals surface area contributed by atoms with Gasteiger partial charge in [-0.3, -0.25) is 9.59 Å². The van der Waals surface area contributed by atoms with Gasteiger partial charge in [0, 0.05) is 12.8 Å². The molecule has 0 spiro atoms. The van der Waals surface area contributed by atoms with Crippen molar-refractivity contribution in [3.8, 4) is 0 Å². The van der Waals surface area contributed by atoms with Gasteiger partial charge in [0.25, 0.3) is 0 Å². The zero-order chi connectivity index (χ0) is 52.2. The molecular weight excluding hydrogens is 887 g/mol. The van der Waals surface area contributed by atoms with Crippen molar-refractivity contribution >= 4 is 11.9 Å². The molecule has 2 unspecified atom stereocenters. The number of rotatable bonds is 61. The first-order valence-corrected chi connectivity index (χ1v) is 32.6. The lowest BCUT2D eigenvalue weighted by atomic mass is 10.0. The summed E-state index contributed by atoms with van der Waals surface area (Å²) in [6.45, 7) is 4.96. The SMILES string of the molecule is CCCCCCCCCCCCCCCCCCCCCC(=O)OCCCCCCCCCCC/C=C\C/C=C\CCCCCCCCCCCC(=O)NC(CO)C(O)CCCCCCCCCCCCC. The highest BCUT2D eigenvalue weighted by molar-refractivity contribution is 5.76. The summed E-state index contributed by atoms with van der Waals surface area (Å²) in [6, 6.07) is -0.544. The third kappa shape index (κ3) is 57.6. The van der Waals surface area contributed by atoms with Crippen LogP contribution in [0, 0.1) is 0 Å². The highest BCUT2D eigenvalue weighted by Gasteiger charge is 2.20. The van der Waals surface area contributed by atoms with E-state index in [2.05, 4.69) is 43.5 Å². The van der Waals surface area contributed by atoms with Crippen molar-refractivity contribution in [1.82, 2.24) is 5.32 Å². The minimum Gasteiger partial charge on any atom is -0.466 e. The van der Waals surface area contributed by atoms with Crippen LogP contribution in [0.25, 0.3) is 0 Å². The van der Waals surface area contributed by atoms with Crippen LogP contribution in [0.5, 0.6) is 0 Å². The standard InChI is InChI=1S/C66H127NO5/c1-3-5-7-9-11-13-15-16-17-18-26-30-33-36-40-44-48-52-56-60-66(71)72-61-57-53-49-45-41-37-34-31-28-25-23-21-19-20-22-24-27-29-32-35-39-43-47-51-55-59-65(70)67-63(62-68)64(69)58-54-50-46-42-38-14-12-10-8-6-4-2/h20-23,63-64,68-69H,3-19,24-62H2,1-2H3,(H,67,70)/b22-20-,23-21-. The van der Waals surface area contributed by atoms with Gasteiger partial charge in [-0.05, 0) is 57.8 Å². The van der Waals surface area contributed by atoms with Crippen molar-refractivity contribution in [3.05, 3.63) is 24.3 Å². The predicted octanol–water partition coefficient (Wildman–Crippen LogP) is 20.6. The molecule has 0 aliphatic rings. The highest BCUT2D eigenvalue weighted by Crippen LogP contribution is 2.18. The maximum absolute atomic E-state index is 12.4. The molecule has 6 nitrogen and oxygen atoms in total. The monoisotopic (exact) mass is 1010 g/mol. The number of hydrogen-bond donors (Lipinski definition) is 3. The second kappa shape index (κ2) is 61.9. The Kier molecular flexibility index (Phi) is 60.5. The molecule has 0 rings (SSSR count). The number of hydrogen-bond acceptors (Lipinski definition) is 5. The van der Waals surface area contributed by atoms with E-state index in [1.165, 1.54) is 283 Å². The summed E-state index contributed by atoms with van der Waals surface area (Å²) in [5.41, 5.74) is 0. The number of unbranched alkanes of at least 4 members (excludes halogenated alkanes) is 46. The van der Waals surface area contributed by atoms with Crippen LogP contribution in [0.3, 0.4) is 0 Å². The summed E-state index contributed by atoms with van der Waals surface area (Å²) in [6.07, 6.45) is 76.4. The summed E-state index contributed by atoms with van der Waals surface area (Å²) in [5, 5.41) is 23.2. The Bertz CT molecular complexity index is 1120. The first-order chi connectivity index (χ1) is 35.5. The molecule has 0 aromatic rings. The second-order valence-corrected chi connectivity index (χ2v) is 22.5. The third-order valence-corrected chi connectivity index (χ3v) is 15.3. The Morgan fingerprint density at radius 1 is 0.389 bits per heavy atom. The summed E-state index contributed by atoms with van der Waals surface area (Å²) in [7, 11) is 0. The van der Waals surface area contributed by atoms with Gasteiger partial charge in [0.15, 0.2) is 0 Å². The molecule has 0 aliphatic carbocycles. The van der Waals surface area contributed by atoms with Crippen LogP contribution in [-0.4, -0.2) is 47.4 Å². The van der Waals surface area contributed by atoms with Crippen molar-refractivity contribution in [3.63, 3.8) is 0 Å². The molecule has 0 bridgehead atoms. The minimum atomic E-state index is -0.667. The fraction of sp³-hybridized carbons (Fsp3) is 0.909. The van der Waals surface area contributed by atoms with Crippen LogP contribution in [-0.2, 0) is 14.3 Å². The number of carbonyl (C=O) groups excluding carboxylic acids is 2. The number of allylic oxidation sites excluding steroid dienone is 4. The van der Waals surface area contributed by atoms with Gasteiger partial charge in [-0.25, -0.2) is 0 Å². The topological polar surface area (TPSA) is 95.9 Å². The van der Waals surface area contributed by atoms with Crippen molar-refractivity contribution < 1.29 is 24.5 Å². The zero-order valence-electron chi connectivity index (χ0n) is 48.7. The van der Waals surface area contributed by atoms with E-state index in [1.807, 2.05) is 0 Å². The average molecular weight is 1010 g/mol. The Balaban J connectivity index is 3.38. The van der Waals surface area contributed by atoms with E-state index in [0.29, 0.717) is 25.9 Å². The van der Waals surface area contributed by atoms with Crippen LogP contribution < -0.4 is 5.32 Å². The first-order valence-electron chi connectivity index (χ1n) is 32.6. The zero-order valence-corrected chi connectivity index (χ0v) is 48.7. The van der Waals surface area contributed by atoms with Crippen molar-refractivity contribution in [1.29, 1.82) is 0 Å². The van der Waals surface area contributed by atoms with Crippen molar-refractivity contribution in [2.24, 2.45) is 0 Å². The lowest BCUT2D eigenvalue weighted by Gasteiger charge is -2.22. The van der Waals surface area contributed by atoms with Crippen LogP contribution in [0.4, 0.5) is 0 Å². The molecule has 0 saturated heterocycles. The van der Waals surface area contributed by atoms with Crippen molar-refractivity contribution in [2.45, 2.75) is 373 Å². The fourth-order valence-electron chi connectivity index (χ4n) is 10.3. The number of amides is 1. The molecule has 6 heteroatoms. The van der Waals surface area contributed by atoms with E-state index >= 15 is 0 Å². The summed E-state index contributed by atoms with van der Waals surface area (Å²) in [5.74, 6) is -0.0268. The van der Waals surface area contributed by atoms with Crippen LogP contribution in [0.15, 0.2) is 24.3 Å². The molecule has 0 aromatic heterocycles. The molecule has 0 saturated carbocycles. The van der Waals surface area contributed by atoms with Gasteiger partial charge in [0.2, 0.25) is 5.91 Å². The van der Waals surface area contributed by atoms with Gasteiger partial charge < -0.3 is 20.3 Å². The number of carbonyl (C=O) groups is 2. The molecule has 0 heterocycles. The Morgan fingerprint density at radius 2 is 0.694 bits per heavy atom. The molecule has 426 valence electrons. The van der Waals surface area contributed by atoms with E-state index in [9.17, 15) is 19.8 Å². The molecule has 0 fully saturated rings. The quantitative estimate of drug-likeness (QED) is 0.0320. The summed E-state index contributed by atoms with van der Waals surface area (Å²) < 4.78 is 5.50. The van der Waals surface area contributed by atoms with Crippen LogP contribution >= 0.6 is 0 Å². The molecule has 0 aromatic carbocycles. The van der Waals surface area contributed by atoms with Gasteiger partial charge in [-0.15, -0.1) is 0 Å². The van der Waals surface area contributed by atoms with Gasteiger partial charge in [0.05, 0.1) is 25.4 Å². The van der Waals surface area contributed by atoms with Gasteiger partial charge >= 0.3 is 5.97 Å². The molecular formula is C66H127NO5. The minimum absolute atomic E-state index is 0.0142. The third-order valence-electron chi connectivity index (χ3n) is 15.3. The summed E-state index contributed by atoms with van der Waals surface area (Å²) >= 11 is 0. The van der Waals surface area contributed by atoms with Crippen molar-refractivity contribution in [2.75, 3.05) is 13.2 Å². The van der Waals surface area contributed by atoms with E-state index in [4.69, 9.17) is 4.74 Å². The average Bonchev–Trinajstić information content (AvgIpc) is 3.38. The number of esters is 1. The smallest absolute Gasteiger partial charge is 0.305 e. The van der Waals surface area contributed by atoms with Gasteiger partial charge in [0.1, 0.15) is 0 Å². The van der Waals surface area contributed by atoms with E-state index in [1.54, 1.807) is 0 Å². The molecule has 0 radical (unpaired) electrons. The Hall–Kier alpha value is -1.66. The molecule has 72 heavy (non-hydrogen) atoms. The lowest BCUT2D eigenvalue weighted by molar-refractivity contribution is -0.143. The Morgan fingerprint density at radius 3 is 1.06 bits per heavy atom. The molecule has 2 atom stereocenters.